The molecular formula is C15H19BrN4O. The van der Waals surface area contributed by atoms with Crippen LogP contribution in [0, 0.1) is 0 Å². The Bertz CT molecular complexity index is 611. The maximum atomic E-state index is 11.3. The van der Waals surface area contributed by atoms with Gasteiger partial charge in [-0.2, -0.15) is 5.10 Å². The summed E-state index contributed by atoms with van der Waals surface area (Å²) in [6.07, 6.45) is 4.54. The van der Waals surface area contributed by atoms with E-state index in [2.05, 4.69) is 50.7 Å². The largest absolute Gasteiger partial charge is 0.376 e. The maximum absolute atomic E-state index is 11.3. The Balaban J connectivity index is 2.07. The molecule has 1 unspecified atom stereocenters. The molecule has 2 N–H and O–H groups in total. The Morgan fingerprint density at radius 1 is 1.48 bits per heavy atom. The van der Waals surface area contributed by atoms with Crippen LogP contribution in [0.25, 0.3) is 0 Å². The summed E-state index contributed by atoms with van der Waals surface area (Å²) in [6.45, 7) is 2.36. The van der Waals surface area contributed by atoms with E-state index < -0.39 is 0 Å². The van der Waals surface area contributed by atoms with Gasteiger partial charge < -0.3 is 10.6 Å². The summed E-state index contributed by atoms with van der Waals surface area (Å²) in [7, 11) is 1.62. The van der Waals surface area contributed by atoms with Crippen LogP contribution in [0.15, 0.2) is 41.1 Å². The number of carbonyl (C=O) groups excluding carboxylic acids is 1. The molecule has 0 aliphatic heterocycles. The first-order valence-corrected chi connectivity index (χ1v) is 7.66. The summed E-state index contributed by atoms with van der Waals surface area (Å²) in [5.74, 6) is -0.0660. The Kier molecular flexibility index (Phi) is 5.38. The quantitative estimate of drug-likeness (QED) is 0.841. The zero-order valence-corrected chi connectivity index (χ0v) is 13.7. The lowest BCUT2D eigenvalue weighted by molar-refractivity contribution is -0.121. The van der Waals surface area contributed by atoms with Gasteiger partial charge in [0.05, 0.1) is 17.9 Å². The number of hydrogen-bond acceptors (Lipinski definition) is 3. The van der Waals surface area contributed by atoms with E-state index in [1.54, 1.807) is 17.9 Å². The third-order valence-electron chi connectivity index (χ3n) is 3.22. The fourth-order valence-corrected chi connectivity index (χ4v) is 2.51. The highest BCUT2D eigenvalue weighted by atomic mass is 79.9. The first-order valence-electron chi connectivity index (χ1n) is 6.87. The van der Waals surface area contributed by atoms with Crippen LogP contribution in [-0.4, -0.2) is 22.7 Å². The molecule has 0 saturated carbocycles. The van der Waals surface area contributed by atoms with Gasteiger partial charge >= 0.3 is 0 Å². The lowest BCUT2D eigenvalue weighted by atomic mass is 10.0. The maximum Gasteiger partial charge on any atom is 0.241 e. The molecule has 0 saturated heterocycles. The van der Waals surface area contributed by atoms with Gasteiger partial charge in [0, 0.05) is 17.7 Å². The van der Waals surface area contributed by atoms with Crippen molar-refractivity contribution < 1.29 is 4.79 Å². The third-order valence-corrected chi connectivity index (χ3v) is 3.71. The van der Waals surface area contributed by atoms with E-state index in [0.29, 0.717) is 0 Å². The second kappa shape index (κ2) is 7.26. The molecule has 0 aliphatic rings. The van der Waals surface area contributed by atoms with Crippen LogP contribution in [0.5, 0.6) is 0 Å². The molecule has 0 radical (unpaired) electrons. The highest BCUT2D eigenvalue weighted by Gasteiger charge is 2.11. The van der Waals surface area contributed by atoms with Crippen LogP contribution in [0.4, 0.5) is 5.69 Å². The fraction of sp³-hybridized carbons (Fsp3) is 0.333. The molecule has 0 fully saturated rings. The van der Waals surface area contributed by atoms with Gasteiger partial charge in [0.25, 0.3) is 0 Å². The summed E-state index contributed by atoms with van der Waals surface area (Å²) in [4.78, 5) is 11.3. The number of benzene rings is 1. The standard InChI is InChI=1S/C15H19BrN4O/c1-3-14(11-5-4-6-12(16)7-11)19-13-8-18-20(9-13)10-15(21)17-2/h4-9,14,19H,3,10H2,1-2H3,(H,17,21). The molecule has 5 nitrogen and oxygen atoms in total. The molecule has 112 valence electrons. The number of amides is 1. The molecule has 0 spiro atoms. The van der Waals surface area contributed by atoms with E-state index in [9.17, 15) is 4.79 Å². The van der Waals surface area contributed by atoms with E-state index in [1.807, 2.05) is 18.3 Å². The summed E-state index contributed by atoms with van der Waals surface area (Å²) in [5, 5.41) is 10.2. The van der Waals surface area contributed by atoms with E-state index >= 15 is 0 Å². The lowest BCUT2D eigenvalue weighted by Gasteiger charge is -2.17. The zero-order valence-electron chi connectivity index (χ0n) is 12.1. The van der Waals surface area contributed by atoms with Crippen LogP contribution in [0.3, 0.4) is 0 Å². The molecular weight excluding hydrogens is 332 g/mol. The third kappa shape index (κ3) is 4.32. The minimum atomic E-state index is -0.0660. The van der Waals surface area contributed by atoms with Crippen molar-refractivity contribution in [3.63, 3.8) is 0 Å². The monoisotopic (exact) mass is 350 g/mol. The number of carbonyl (C=O) groups is 1. The number of rotatable bonds is 6. The van der Waals surface area contributed by atoms with Crippen molar-refractivity contribution in [2.75, 3.05) is 12.4 Å². The van der Waals surface area contributed by atoms with Crippen molar-refractivity contribution in [2.45, 2.75) is 25.9 Å². The molecule has 1 amide bonds. The van der Waals surface area contributed by atoms with Crippen LogP contribution in [0.2, 0.25) is 0 Å². The predicted octanol–water partition coefficient (Wildman–Crippen LogP) is 2.95. The van der Waals surface area contributed by atoms with Gasteiger partial charge in [0.15, 0.2) is 0 Å². The van der Waals surface area contributed by atoms with Gasteiger partial charge in [-0.3, -0.25) is 9.48 Å². The van der Waals surface area contributed by atoms with Crippen molar-refractivity contribution >= 4 is 27.5 Å². The second-order valence-corrected chi connectivity index (χ2v) is 5.68. The van der Waals surface area contributed by atoms with Gasteiger partial charge in [-0.05, 0) is 24.1 Å². The van der Waals surface area contributed by atoms with Crippen molar-refractivity contribution in [2.24, 2.45) is 0 Å². The molecule has 2 aromatic rings. The summed E-state index contributed by atoms with van der Waals surface area (Å²) >= 11 is 3.50. The number of halogens is 1. The first-order chi connectivity index (χ1) is 10.1. The SMILES string of the molecule is CCC(Nc1cnn(CC(=O)NC)c1)c1cccc(Br)c1. The molecule has 0 aliphatic carbocycles. The van der Waals surface area contributed by atoms with E-state index in [1.165, 1.54) is 5.56 Å². The van der Waals surface area contributed by atoms with Gasteiger partial charge in [-0.1, -0.05) is 35.0 Å². The molecule has 21 heavy (non-hydrogen) atoms. The van der Waals surface area contributed by atoms with Gasteiger partial charge in [0.1, 0.15) is 6.54 Å². The molecule has 1 heterocycles. The minimum Gasteiger partial charge on any atom is -0.376 e. The summed E-state index contributed by atoms with van der Waals surface area (Å²) < 4.78 is 2.69. The molecule has 1 aromatic heterocycles. The normalized spacial score (nSPS) is 12.0. The Morgan fingerprint density at radius 3 is 2.95 bits per heavy atom. The van der Waals surface area contributed by atoms with Crippen molar-refractivity contribution in [3.05, 3.63) is 46.7 Å². The highest BCUT2D eigenvalue weighted by Crippen LogP contribution is 2.24. The van der Waals surface area contributed by atoms with Crippen LogP contribution in [0.1, 0.15) is 24.9 Å². The highest BCUT2D eigenvalue weighted by molar-refractivity contribution is 9.10. The molecule has 2 rings (SSSR count). The van der Waals surface area contributed by atoms with Crippen LogP contribution < -0.4 is 10.6 Å². The first kappa shape index (κ1) is 15.6. The average molecular weight is 351 g/mol. The fourth-order valence-electron chi connectivity index (χ4n) is 2.10. The number of aromatic nitrogens is 2. The van der Waals surface area contributed by atoms with Gasteiger partial charge in [-0.25, -0.2) is 0 Å². The minimum absolute atomic E-state index is 0.0660. The predicted molar refractivity (Wildman–Crippen MR) is 87.1 cm³/mol. The van der Waals surface area contributed by atoms with Crippen LogP contribution >= 0.6 is 15.9 Å². The van der Waals surface area contributed by atoms with E-state index in [4.69, 9.17) is 0 Å². The van der Waals surface area contributed by atoms with Crippen molar-refractivity contribution in [1.29, 1.82) is 0 Å². The van der Waals surface area contributed by atoms with Crippen molar-refractivity contribution in [3.8, 4) is 0 Å². The van der Waals surface area contributed by atoms with Gasteiger partial charge in [-0.15, -0.1) is 0 Å². The Morgan fingerprint density at radius 2 is 2.29 bits per heavy atom. The lowest BCUT2D eigenvalue weighted by Crippen LogP contribution is -2.23. The van der Waals surface area contributed by atoms with Gasteiger partial charge in [0.2, 0.25) is 5.91 Å². The molecule has 6 heteroatoms. The average Bonchev–Trinajstić information content (AvgIpc) is 2.91. The number of hydrogen-bond donors (Lipinski definition) is 2. The topological polar surface area (TPSA) is 59.0 Å². The van der Waals surface area contributed by atoms with Crippen molar-refractivity contribution in [1.82, 2.24) is 15.1 Å². The number of likely N-dealkylation sites (N-methyl/N-ethyl adjacent to an activating group) is 1. The number of nitrogens with zero attached hydrogens (tertiary/aromatic N) is 2. The summed E-state index contributed by atoms with van der Waals surface area (Å²) in [6, 6.07) is 8.45. The second-order valence-electron chi connectivity index (χ2n) is 4.76. The number of anilines is 1. The van der Waals surface area contributed by atoms with E-state index in [0.717, 1.165) is 16.6 Å². The summed E-state index contributed by atoms with van der Waals surface area (Å²) in [5.41, 5.74) is 2.12. The van der Waals surface area contributed by atoms with E-state index in [-0.39, 0.29) is 18.5 Å². The molecule has 1 aromatic carbocycles. The Hall–Kier alpha value is -1.82. The zero-order chi connectivity index (χ0) is 15.2. The molecule has 1 atom stereocenters. The van der Waals surface area contributed by atoms with Crippen LogP contribution in [-0.2, 0) is 11.3 Å². The Labute approximate surface area is 132 Å². The number of nitrogens with one attached hydrogen (secondary N) is 2. The smallest absolute Gasteiger partial charge is 0.241 e. The molecule has 0 bridgehead atoms.